The average Bonchev–Trinajstić information content (AvgIpc) is 2.93. The van der Waals surface area contributed by atoms with Crippen LogP contribution in [0, 0.1) is 13.8 Å². The lowest BCUT2D eigenvalue weighted by molar-refractivity contribution is -0.121. The summed E-state index contributed by atoms with van der Waals surface area (Å²) in [6, 6.07) is 11.4. The summed E-state index contributed by atoms with van der Waals surface area (Å²) < 4.78 is 12.3. The van der Waals surface area contributed by atoms with Crippen molar-refractivity contribution in [1.29, 1.82) is 0 Å². The Balaban J connectivity index is 1.61. The van der Waals surface area contributed by atoms with Crippen molar-refractivity contribution in [2.45, 2.75) is 20.3 Å². The van der Waals surface area contributed by atoms with Gasteiger partial charge in [0.05, 0.1) is 18.1 Å². The summed E-state index contributed by atoms with van der Waals surface area (Å²) in [5.41, 5.74) is 3.12. The van der Waals surface area contributed by atoms with Gasteiger partial charge in [0, 0.05) is 24.1 Å². The number of thiocarbonyl (C=S) groups is 1. The first-order valence-electron chi connectivity index (χ1n) is 9.19. The summed E-state index contributed by atoms with van der Waals surface area (Å²) >= 11 is 12.6. The highest BCUT2D eigenvalue weighted by Gasteiger charge is 2.29. The molecule has 0 aromatic heterocycles. The van der Waals surface area contributed by atoms with Crippen LogP contribution in [0.2, 0.25) is 5.02 Å². The number of likely N-dealkylation sites (N-methyl/N-ethyl adjacent to an activating group) is 1. The van der Waals surface area contributed by atoms with Crippen LogP contribution in [0.3, 0.4) is 0 Å². The largest absolute Gasteiger partial charge is 0.493 e. The molecule has 4 nitrogen and oxygen atoms in total. The number of halogens is 1. The van der Waals surface area contributed by atoms with E-state index in [4.69, 9.17) is 33.3 Å². The van der Waals surface area contributed by atoms with Gasteiger partial charge in [-0.25, -0.2) is 0 Å². The highest BCUT2D eigenvalue weighted by molar-refractivity contribution is 8.26. The Hall–Kier alpha value is -2.02. The van der Waals surface area contributed by atoms with Crippen molar-refractivity contribution in [3.05, 3.63) is 63.0 Å². The first-order chi connectivity index (χ1) is 13.9. The maximum atomic E-state index is 12.3. The Morgan fingerprint density at radius 2 is 1.86 bits per heavy atom. The number of aryl methyl sites for hydroxylation is 1. The molecule has 0 unspecified atom stereocenters. The molecular weight excluding hydrogens is 426 g/mol. The maximum Gasteiger partial charge on any atom is 0.265 e. The number of carbonyl (C=O) groups is 1. The number of rotatable bonds is 7. The second-order valence-corrected chi connectivity index (χ2v) is 8.78. The van der Waals surface area contributed by atoms with Crippen LogP contribution < -0.4 is 9.47 Å². The Labute approximate surface area is 185 Å². The summed E-state index contributed by atoms with van der Waals surface area (Å²) in [5.74, 6) is 1.45. The molecule has 0 N–H and O–H groups in total. The van der Waals surface area contributed by atoms with Crippen molar-refractivity contribution in [2.24, 2.45) is 0 Å². The number of carbonyl (C=O) groups excluding carboxylic acids is 1. The third kappa shape index (κ3) is 5.32. The molecule has 152 valence electrons. The van der Waals surface area contributed by atoms with E-state index >= 15 is 0 Å². The fourth-order valence-electron chi connectivity index (χ4n) is 2.75. The minimum atomic E-state index is -0.118. The molecule has 0 aliphatic carbocycles. The smallest absolute Gasteiger partial charge is 0.265 e. The molecule has 2 aromatic rings. The highest BCUT2D eigenvalue weighted by Crippen LogP contribution is 2.34. The molecule has 0 spiro atoms. The van der Waals surface area contributed by atoms with E-state index in [1.165, 1.54) is 22.2 Å². The Morgan fingerprint density at radius 1 is 1.14 bits per heavy atom. The summed E-state index contributed by atoms with van der Waals surface area (Å²) in [5, 5.41) is 0.578. The molecule has 1 aliphatic heterocycles. The van der Waals surface area contributed by atoms with Crippen LogP contribution in [0.25, 0.3) is 6.08 Å². The molecule has 1 fully saturated rings. The zero-order valence-electron chi connectivity index (χ0n) is 16.5. The van der Waals surface area contributed by atoms with Crippen molar-refractivity contribution < 1.29 is 14.3 Å². The highest BCUT2D eigenvalue weighted by atomic mass is 35.5. The van der Waals surface area contributed by atoms with Crippen LogP contribution in [0.15, 0.2) is 41.3 Å². The van der Waals surface area contributed by atoms with Crippen LogP contribution in [0.4, 0.5) is 0 Å². The number of nitrogens with zero attached hydrogens (tertiary/aromatic N) is 1. The molecule has 1 saturated heterocycles. The lowest BCUT2D eigenvalue weighted by atomic mass is 10.1. The van der Waals surface area contributed by atoms with Gasteiger partial charge in [0.2, 0.25) is 0 Å². The van der Waals surface area contributed by atoms with Gasteiger partial charge in [0.25, 0.3) is 5.91 Å². The van der Waals surface area contributed by atoms with Crippen molar-refractivity contribution >= 4 is 51.9 Å². The number of ether oxygens (including phenoxy) is 2. The molecule has 1 heterocycles. The second kappa shape index (κ2) is 9.65. The summed E-state index contributed by atoms with van der Waals surface area (Å²) in [6.07, 6.45) is 2.50. The molecule has 0 bridgehead atoms. The van der Waals surface area contributed by atoms with Crippen molar-refractivity contribution in [3.8, 4) is 11.5 Å². The van der Waals surface area contributed by atoms with Gasteiger partial charge in [-0.3, -0.25) is 9.69 Å². The first kappa shape index (κ1) is 21.7. The number of benzene rings is 2. The quantitative estimate of drug-likeness (QED) is 0.312. The van der Waals surface area contributed by atoms with Crippen LogP contribution in [0.5, 0.6) is 11.5 Å². The third-order valence-corrected chi connectivity index (χ3v) is 6.32. The van der Waals surface area contributed by atoms with Crippen LogP contribution >= 0.6 is 35.6 Å². The Morgan fingerprint density at radius 3 is 2.55 bits per heavy atom. The monoisotopic (exact) mass is 447 g/mol. The van der Waals surface area contributed by atoms with Crippen LogP contribution in [-0.2, 0) is 4.79 Å². The fourth-order valence-corrected chi connectivity index (χ4v) is 4.10. The number of hydrogen-bond donors (Lipinski definition) is 0. The second-order valence-electron chi connectivity index (χ2n) is 6.67. The van der Waals surface area contributed by atoms with E-state index < -0.39 is 0 Å². The van der Waals surface area contributed by atoms with Gasteiger partial charge >= 0.3 is 0 Å². The van der Waals surface area contributed by atoms with E-state index in [1.807, 2.05) is 18.2 Å². The van der Waals surface area contributed by atoms with Gasteiger partial charge in [-0.1, -0.05) is 47.7 Å². The molecule has 0 saturated carbocycles. The lowest BCUT2D eigenvalue weighted by Gasteiger charge is -2.12. The molecule has 7 heteroatoms. The van der Waals surface area contributed by atoms with E-state index in [-0.39, 0.29) is 5.91 Å². The van der Waals surface area contributed by atoms with Gasteiger partial charge < -0.3 is 9.47 Å². The molecule has 0 radical (unpaired) electrons. The topological polar surface area (TPSA) is 38.8 Å². The molecular formula is C22H22ClNO3S2. The van der Waals surface area contributed by atoms with E-state index in [0.29, 0.717) is 33.2 Å². The van der Waals surface area contributed by atoms with Gasteiger partial charge in [-0.05, 0) is 55.3 Å². The van der Waals surface area contributed by atoms with Crippen molar-refractivity contribution in [3.63, 3.8) is 0 Å². The van der Waals surface area contributed by atoms with Gasteiger partial charge in [-0.15, -0.1) is 0 Å². The lowest BCUT2D eigenvalue weighted by Crippen LogP contribution is -2.22. The summed E-state index contributed by atoms with van der Waals surface area (Å²) in [7, 11) is 1.67. The first-order valence-corrected chi connectivity index (χ1v) is 10.8. The van der Waals surface area contributed by atoms with E-state index in [1.54, 1.807) is 25.3 Å². The molecule has 29 heavy (non-hydrogen) atoms. The average molecular weight is 448 g/mol. The predicted molar refractivity (Wildman–Crippen MR) is 124 cm³/mol. The van der Waals surface area contributed by atoms with Gasteiger partial charge in [0.1, 0.15) is 15.8 Å². The Bertz CT molecular complexity index is 975. The fraction of sp³-hybridized carbons (Fsp3) is 0.273. The maximum absolute atomic E-state index is 12.3. The molecule has 3 rings (SSSR count). The third-order valence-electron chi connectivity index (χ3n) is 4.60. The number of thioether (sulfide) groups is 1. The molecule has 1 aliphatic rings. The molecule has 1 amide bonds. The molecule has 0 atom stereocenters. The van der Waals surface area contributed by atoms with E-state index in [9.17, 15) is 4.79 Å². The SMILES string of the molecule is Cc1cccc(OCCCOc2ccc(Cl)cc2/C=C2/SC(=S)N(C)C2=O)c1C. The summed E-state index contributed by atoms with van der Waals surface area (Å²) in [6.45, 7) is 5.17. The zero-order valence-corrected chi connectivity index (χ0v) is 18.9. The number of hydrogen-bond acceptors (Lipinski definition) is 5. The predicted octanol–water partition coefficient (Wildman–Crippen LogP) is 5.64. The standard InChI is InChI=1S/C22H22ClNO3S2/c1-14-6-4-7-18(15(14)2)26-10-5-11-27-19-9-8-17(23)12-16(19)13-20-21(25)24(3)22(28)29-20/h4,6-9,12-13H,5,10-11H2,1-3H3/b20-13+. The van der Waals surface area contributed by atoms with Gasteiger partial charge in [0.15, 0.2) is 0 Å². The van der Waals surface area contributed by atoms with Crippen LogP contribution in [0.1, 0.15) is 23.1 Å². The number of amides is 1. The Kier molecular flexibility index (Phi) is 7.22. The van der Waals surface area contributed by atoms with E-state index in [2.05, 4.69) is 19.9 Å². The molecule has 2 aromatic carbocycles. The minimum Gasteiger partial charge on any atom is -0.493 e. The van der Waals surface area contributed by atoms with E-state index in [0.717, 1.165) is 23.3 Å². The zero-order chi connectivity index (χ0) is 21.0. The van der Waals surface area contributed by atoms with Crippen molar-refractivity contribution in [2.75, 3.05) is 20.3 Å². The van der Waals surface area contributed by atoms with Crippen molar-refractivity contribution in [1.82, 2.24) is 4.90 Å². The van der Waals surface area contributed by atoms with Crippen LogP contribution in [-0.4, -0.2) is 35.4 Å². The summed E-state index contributed by atoms with van der Waals surface area (Å²) in [4.78, 5) is 14.3. The van der Waals surface area contributed by atoms with Gasteiger partial charge in [-0.2, -0.15) is 0 Å². The normalized spacial score (nSPS) is 15.3. The minimum absolute atomic E-state index is 0.118.